The first-order chi connectivity index (χ1) is 13.2. The van der Waals surface area contributed by atoms with Crippen molar-refractivity contribution < 1.29 is 18.7 Å². The molecule has 1 aliphatic rings. The average molecular weight is 364 g/mol. The molecule has 3 aromatic rings. The molecule has 5 nitrogen and oxygen atoms in total. The summed E-state index contributed by atoms with van der Waals surface area (Å²) in [6.07, 6.45) is 0. The first kappa shape index (κ1) is 16.9. The number of carbonyl (C=O) groups is 1. The highest BCUT2D eigenvalue weighted by atomic mass is 19.1. The normalized spacial score (nSPS) is 11.9. The maximum Gasteiger partial charge on any atom is 0.258 e. The summed E-state index contributed by atoms with van der Waals surface area (Å²) in [6.45, 7) is 0.879. The monoisotopic (exact) mass is 364 g/mol. The van der Waals surface area contributed by atoms with Crippen molar-refractivity contribution in [2.45, 2.75) is 6.54 Å². The van der Waals surface area contributed by atoms with Gasteiger partial charge >= 0.3 is 0 Å². The molecule has 0 atom stereocenters. The number of anilines is 2. The standard InChI is InChI=1S/C21H17FN2O3/c22-18-4-2-1-3-17(18)21(25)24-16-8-6-15(7-9-16)23-12-14-5-10-19-20(11-14)27-13-26-19/h1-11,23H,12-13H2,(H,24,25). The van der Waals surface area contributed by atoms with Gasteiger partial charge in [-0.05, 0) is 54.1 Å². The summed E-state index contributed by atoms with van der Waals surface area (Å²) < 4.78 is 24.3. The van der Waals surface area contributed by atoms with Gasteiger partial charge in [-0.15, -0.1) is 0 Å². The molecule has 0 bridgehead atoms. The number of benzene rings is 3. The van der Waals surface area contributed by atoms with Gasteiger partial charge in [0.25, 0.3) is 5.91 Å². The van der Waals surface area contributed by atoms with Crippen molar-refractivity contribution in [3.8, 4) is 11.5 Å². The summed E-state index contributed by atoms with van der Waals surface area (Å²) in [6, 6.07) is 18.9. The maximum absolute atomic E-state index is 13.7. The quantitative estimate of drug-likeness (QED) is 0.704. The van der Waals surface area contributed by atoms with Crippen LogP contribution in [0.3, 0.4) is 0 Å². The van der Waals surface area contributed by atoms with E-state index in [0.717, 1.165) is 22.7 Å². The molecule has 6 heteroatoms. The van der Waals surface area contributed by atoms with E-state index in [1.165, 1.54) is 12.1 Å². The number of ether oxygens (including phenoxy) is 2. The first-order valence-corrected chi connectivity index (χ1v) is 8.47. The summed E-state index contributed by atoms with van der Waals surface area (Å²) in [5.74, 6) is 0.486. The molecule has 136 valence electrons. The third-order valence-corrected chi connectivity index (χ3v) is 4.19. The molecule has 1 amide bonds. The number of halogens is 1. The minimum absolute atomic E-state index is 0.0162. The number of rotatable bonds is 5. The lowest BCUT2D eigenvalue weighted by atomic mass is 10.2. The lowest BCUT2D eigenvalue weighted by Crippen LogP contribution is -2.13. The molecule has 0 aliphatic carbocycles. The summed E-state index contributed by atoms with van der Waals surface area (Å²) in [5.41, 5.74) is 2.58. The zero-order valence-corrected chi connectivity index (χ0v) is 14.4. The predicted molar refractivity (Wildman–Crippen MR) is 101 cm³/mol. The van der Waals surface area contributed by atoms with E-state index in [9.17, 15) is 9.18 Å². The molecule has 0 unspecified atom stereocenters. The fraction of sp³-hybridized carbons (Fsp3) is 0.0952. The van der Waals surface area contributed by atoms with E-state index in [4.69, 9.17) is 9.47 Å². The highest BCUT2D eigenvalue weighted by molar-refractivity contribution is 6.04. The molecule has 27 heavy (non-hydrogen) atoms. The van der Waals surface area contributed by atoms with Gasteiger partial charge in [0.15, 0.2) is 11.5 Å². The summed E-state index contributed by atoms with van der Waals surface area (Å²) in [4.78, 5) is 12.1. The average Bonchev–Trinajstić information content (AvgIpc) is 3.15. The molecular formula is C21H17FN2O3. The minimum atomic E-state index is -0.544. The van der Waals surface area contributed by atoms with E-state index in [1.807, 2.05) is 30.3 Å². The van der Waals surface area contributed by atoms with Crippen molar-refractivity contribution in [2.24, 2.45) is 0 Å². The van der Waals surface area contributed by atoms with Gasteiger partial charge in [-0.3, -0.25) is 4.79 Å². The number of fused-ring (bicyclic) bond motifs is 1. The Kier molecular flexibility index (Phi) is 4.61. The van der Waals surface area contributed by atoms with Crippen molar-refractivity contribution in [2.75, 3.05) is 17.4 Å². The van der Waals surface area contributed by atoms with Crippen LogP contribution in [0.1, 0.15) is 15.9 Å². The smallest absolute Gasteiger partial charge is 0.258 e. The van der Waals surface area contributed by atoms with E-state index in [2.05, 4.69) is 10.6 Å². The molecule has 0 saturated heterocycles. The fourth-order valence-corrected chi connectivity index (χ4v) is 2.77. The van der Waals surface area contributed by atoms with E-state index in [-0.39, 0.29) is 12.4 Å². The molecule has 0 radical (unpaired) electrons. The van der Waals surface area contributed by atoms with Gasteiger partial charge < -0.3 is 20.1 Å². The molecular weight excluding hydrogens is 347 g/mol. The second-order valence-corrected chi connectivity index (χ2v) is 6.05. The molecule has 1 heterocycles. The van der Waals surface area contributed by atoms with Crippen LogP contribution in [0.5, 0.6) is 11.5 Å². The van der Waals surface area contributed by atoms with Gasteiger partial charge in [0.05, 0.1) is 5.56 Å². The highest BCUT2D eigenvalue weighted by Gasteiger charge is 2.13. The molecule has 4 rings (SSSR count). The van der Waals surface area contributed by atoms with Crippen LogP contribution >= 0.6 is 0 Å². The lowest BCUT2D eigenvalue weighted by molar-refractivity contribution is 0.102. The van der Waals surface area contributed by atoms with Gasteiger partial charge in [-0.1, -0.05) is 18.2 Å². The van der Waals surface area contributed by atoms with Gasteiger partial charge in [-0.2, -0.15) is 0 Å². The van der Waals surface area contributed by atoms with Crippen LogP contribution in [0.15, 0.2) is 66.7 Å². The third kappa shape index (κ3) is 3.84. The molecule has 0 aromatic heterocycles. The van der Waals surface area contributed by atoms with Crippen LogP contribution in [0, 0.1) is 5.82 Å². The van der Waals surface area contributed by atoms with Crippen molar-refractivity contribution in [1.29, 1.82) is 0 Å². The molecule has 0 saturated carbocycles. The van der Waals surface area contributed by atoms with Crippen molar-refractivity contribution in [1.82, 2.24) is 0 Å². The van der Waals surface area contributed by atoms with Gasteiger partial charge in [0.1, 0.15) is 5.82 Å². The van der Waals surface area contributed by atoms with Gasteiger partial charge in [0.2, 0.25) is 6.79 Å². The van der Waals surface area contributed by atoms with Crippen molar-refractivity contribution >= 4 is 17.3 Å². The number of amides is 1. The molecule has 1 aliphatic heterocycles. The SMILES string of the molecule is O=C(Nc1ccc(NCc2ccc3c(c2)OCO3)cc1)c1ccccc1F. The van der Waals surface area contributed by atoms with Crippen LogP contribution in [0.25, 0.3) is 0 Å². The van der Waals surface area contributed by atoms with Crippen LogP contribution in [-0.4, -0.2) is 12.7 Å². The highest BCUT2D eigenvalue weighted by Crippen LogP contribution is 2.32. The first-order valence-electron chi connectivity index (χ1n) is 8.47. The van der Waals surface area contributed by atoms with Gasteiger partial charge in [-0.25, -0.2) is 4.39 Å². The van der Waals surface area contributed by atoms with Crippen LogP contribution in [0.4, 0.5) is 15.8 Å². The molecule has 0 fully saturated rings. The van der Waals surface area contributed by atoms with Gasteiger partial charge in [0, 0.05) is 17.9 Å². The zero-order valence-electron chi connectivity index (χ0n) is 14.4. The predicted octanol–water partition coefficient (Wildman–Crippen LogP) is 4.42. The van der Waals surface area contributed by atoms with Crippen LogP contribution in [0.2, 0.25) is 0 Å². The second kappa shape index (κ2) is 7.37. The zero-order chi connectivity index (χ0) is 18.6. The summed E-state index contributed by atoms with van der Waals surface area (Å²) >= 11 is 0. The third-order valence-electron chi connectivity index (χ3n) is 4.19. The fourth-order valence-electron chi connectivity index (χ4n) is 2.77. The van der Waals surface area contributed by atoms with E-state index in [0.29, 0.717) is 12.2 Å². The Hall–Kier alpha value is -3.54. The Morgan fingerprint density at radius 1 is 0.926 bits per heavy atom. The number of nitrogens with one attached hydrogen (secondary N) is 2. The van der Waals surface area contributed by atoms with Crippen LogP contribution < -0.4 is 20.1 Å². The maximum atomic E-state index is 13.7. The Morgan fingerprint density at radius 2 is 1.67 bits per heavy atom. The van der Waals surface area contributed by atoms with Crippen LogP contribution in [-0.2, 0) is 6.54 Å². The summed E-state index contributed by atoms with van der Waals surface area (Å²) in [5, 5.41) is 6.00. The molecule has 3 aromatic carbocycles. The van der Waals surface area contributed by atoms with E-state index >= 15 is 0 Å². The largest absolute Gasteiger partial charge is 0.454 e. The Labute approximate surface area is 155 Å². The molecule has 2 N–H and O–H groups in total. The molecule has 0 spiro atoms. The Balaban J connectivity index is 1.36. The number of hydrogen-bond donors (Lipinski definition) is 2. The van der Waals surface area contributed by atoms with E-state index < -0.39 is 11.7 Å². The lowest BCUT2D eigenvalue weighted by Gasteiger charge is -2.09. The van der Waals surface area contributed by atoms with Crippen molar-refractivity contribution in [3.63, 3.8) is 0 Å². The minimum Gasteiger partial charge on any atom is -0.454 e. The second-order valence-electron chi connectivity index (χ2n) is 6.05. The topological polar surface area (TPSA) is 59.6 Å². The Morgan fingerprint density at radius 3 is 2.48 bits per heavy atom. The number of carbonyl (C=O) groups excluding carboxylic acids is 1. The summed E-state index contributed by atoms with van der Waals surface area (Å²) in [7, 11) is 0. The van der Waals surface area contributed by atoms with Crippen molar-refractivity contribution in [3.05, 3.63) is 83.7 Å². The Bertz CT molecular complexity index is 973. The number of hydrogen-bond acceptors (Lipinski definition) is 4. The van der Waals surface area contributed by atoms with E-state index in [1.54, 1.807) is 24.3 Å².